The first-order valence-electron chi connectivity index (χ1n) is 8.57. The highest BCUT2D eigenvalue weighted by atomic mass is 35.5. The van der Waals surface area contributed by atoms with Crippen LogP contribution in [-0.4, -0.2) is 21.2 Å². The van der Waals surface area contributed by atoms with Crippen molar-refractivity contribution in [3.63, 3.8) is 0 Å². The molecule has 0 aliphatic carbocycles. The van der Waals surface area contributed by atoms with Gasteiger partial charge in [-0.25, -0.2) is 0 Å². The second kappa shape index (κ2) is 7.07. The van der Waals surface area contributed by atoms with Gasteiger partial charge < -0.3 is 14.2 Å². The number of epoxide rings is 2. The third-order valence-corrected chi connectivity index (χ3v) is 5.99. The van der Waals surface area contributed by atoms with E-state index in [0.29, 0.717) is 0 Å². The van der Waals surface area contributed by atoms with E-state index in [0.717, 1.165) is 22.3 Å². The van der Waals surface area contributed by atoms with E-state index in [1.54, 1.807) is 0 Å². The number of aryl methyl sites for hydroxylation is 2. The van der Waals surface area contributed by atoms with Gasteiger partial charge in [0.25, 0.3) is 0 Å². The smallest absolute Gasteiger partial charge is 0.247 e. The number of benzene rings is 2. The second-order valence-corrected chi connectivity index (χ2v) is 9.63. The van der Waals surface area contributed by atoms with Crippen molar-refractivity contribution in [2.24, 2.45) is 0 Å². The van der Waals surface area contributed by atoms with E-state index in [9.17, 15) is 0 Å². The quantitative estimate of drug-likeness (QED) is 0.392. The Morgan fingerprint density at radius 2 is 1.00 bits per heavy atom. The number of hydrogen-bond acceptors (Lipinski definition) is 3. The summed E-state index contributed by atoms with van der Waals surface area (Å²) >= 11 is 24.7. The normalized spacial score (nSPS) is 27.0. The summed E-state index contributed by atoms with van der Waals surface area (Å²) < 4.78 is 14.8. The molecule has 0 amide bonds. The molecule has 4 unspecified atom stereocenters. The Balaban J connectivity index is 1.66. The first kappa shape index (κ1) is 19.8. The number of alkyl halides is 4. The lowest BCUT2D eigenvalue weighted by molar-refractivity contribution is -0.0420. The molecule has 0 aromatic heterocycles. The van der Waals surface area contributed by atoms with Crippen LogP contribution in [0.25, 0.3) is 0 Å². The van der Waals surface area contributed by atoms with Crippen molar-refractivity contribution in [1.29, 1.82) is 0 Å². The van der Waals surface area contributed by atoms with Gasteiger partial charge in [-0.1, -0.05) is 106 Å². The van der Waals surface area contributed by atoms with E-state index in [1.807, 2.05) is 62.4 Å². The average Bonchev–Trinajstić information content (AvgIpc) is 3.45. The molecule has 27 heavy (non-hydrogen) atoms. The topological polar surface area (TPSA) is 34.3 Å². The van der Waals surface area contributed by atoms with Gasteiger partial charge in [0, 0.05) is 0 Å². The number of ether oxygens (including phenoxy) is 3. The van der Waals surface area contributed by atoms with Crippen LogP contribution in [0.15, 0.2) is 48.5 Å². The van der Waals surface area contributed by atoms with Crippen molar-refractivity contribution >= 4 is 46.4 Å². The molecule has 4 atom stereocenters. The van der Waals surface area contributed by atoms with E-state index in [2.05, 4.69) is 0 Å². The average molecular weight is 448 g/mol. The van der Waals surface area contributed by atoms with Crippen LogP contribution in [0.4, 0.5) is 0 Å². The standard InChI is InChI=1S/C20H18Cl4O3/c1-11-3-7-13(8-4-11)15(17-19(21,22)26-17)25-16(18-20(23,24)27-18)14-9-5-12(2)6-10-14/h3-10,15-18H,1-2H3. The summed E-state index contributed by atoms with van der Waals surface area (Å²) in [5.74, 6) is 0. The minimum Gasteiger partial charge on any atom is -0.360 e. The van der Waals surface area contributed by atoms with Gasteiger partial charge in [0.1, 0.15) is 24.4 Å². The lowest BCUT2D eigenvalue weighted by Crippen LogP contribution is -2.22. The van der Waals surface area contributed by atoms with E-state index in [-0.39, 0.29) is 0 Å². The molecular weight excluding hydrogens is 430 g/mol. The predicted octanol–water partition coefficient (Wildman–Crippen LogP) is 6.16. The van der Waals surface area contributed by atoms with Crippen LogP contribution < -0.4 is 0 Å². The Bertz CT molecular complexity index is 751. The third-order valence-electron chi connectivity index (χ3n) is 4.77. The molecule has 0 N–H and O–H groups in total. The van der Waals surface area contributed by atoms with Gasteiger partial charge >= 0.3 is 0 Å². The molecule has 144 valence electrons. The first-order chi connectivity index (χ1) is 12.7. The van der Waals surface area contributed by atoms with Crippen LogP contribution in [0.2, 0.25) is 0 Å². The third kappa shape index (κ3) is 4.25. The minimum absolute atomic E-state index is 0.500. The van der Waals surface area contributed by atoms with Crippen LogP contribution in [0.3, 0.4) is 0 Å². The van der Waals surface area contributed by atoms with Gasteiger partial charge in [0.05, 0.1) is 0 Å². The minimum atomic E-state index is -1.28. The largest absolute Gasteiger partial charge is 0.360 e. The summed E-state index contributed by atoms with van der Waals surface area (Å²) in [5, 5.41) is 0. The van der Waals surface area contributed by atoms with Gasteiger partial charge in [0.15, 0.2) is 0 Å². The van der Waals surface area contributed by atoms with Crippen LogP contribution >= 0.6 is 46.4 Å². The summed E-state index contributed by atoms with van der Waals surface area (Å²) in [7, 11) is 0. The molecule has 2 aliphatic rings. The van der Waals surface area contributed by atoms with Crippen LogP contribution in [0.1, 0.15) is 34.5 Å². The van der Waals surface area contributed by atoms with Gasteiger partial charge in [-0.3, -0.25) is 0 Å². The molecule has 2 saturated heterocycles. The number of rotatable bonds is 6. The van der Waals surface area contributed by atoms with Crippen LogP contribution in [0, 0.1) is 13.8 Å². The molecule has 2 aromatic rings. The molecule has 4 rings (SSSR count). The number of halogens is 4. The summed E-state index contributed by atoms with van der Waals surface area (Å²) in [4.78, 5) is 0. The molecule has 2 fully saturated rings. The Morgan fingerprint density at radius 3 is 1.26 bits per heavy atom. The lowest BCUT2D eigenvalue weighted by atomic mass is 10.0. The van der Waals surface area contributed by atoms with Crippen molar-refractivity contribution in [3.8, 4) is 0 Å². The molecule has 0 saturated carbocycles. The van der Waals surface area contributed by atoms with E-state index < -0.39 is 33.5 Å². The van der Waals surface area contributed by atoms with Gasteiger partial charge in [0.2, 0.25) is 9.04 Å². The maximum Gasteiger partial charge on any atom is 0.247 e. The molecule has 0 bridgehead atoms. The molecule has 2 heterocycles. The zero-order valence-electron chi connectivity index (χ0n) is 14.7. The first-order valence-corrected chi connectivity index (χ1v) is 10.1. The molecule has 2 aromatic carbocycles. The summed E-state index contributed by atoms with van der Waals surface area (Å²) in [5.41, 5.74) is 4.08. The van der Waals surface area contributed by atoms with Crippen molar-refractivity contribution in [1.82, 2.24) is 0 Å². The fraction of sp³-hybridized carbons (Fsp3) is 0.400. The van der Waals surface area contributed by atoms with Crippen molar-refractivity contribution in [2.45, 2.75) is 47.3 Å². The Kier molecular flexibility index (Phi) is 5.18. The van der Waals surface area contributed by atoms with E-state index >= 15 is 0 Å². The maximum atomic E-state index is 6.43. The van der Waals surface area contributed by atoms with Crippen LogP contribution in [-0.2, 0) is 14.2 Å². The van der Waals surface area contributed by atoms with Crippen molar-refractivity contribution < 1.29 is 14.2 Å². The van der Waals surface area contributed by atoms with Crippen LogP contribution in [0.5, 0.6) is 0 Å². The predicted molar refractivity (Wildman–Crippen MR) is 108 cm³/mol. The Labute approximate surface area is 178 Å². The summed E-state index contributed by atoms with van der Waals surface area (Å²) in [6.45, 7) is 4.03. The molecule has 7 heteroatoms. The second-order valence-electron chi connectivity index (χ2n) is 7.00. The highest BCUT2D eigenvalue weighted by Gasteiger charge is 2.63. The molecule has 3 nitrogen and oxygen atoms in total. The van der Waals surface area contributed by atoms with E-state index in [1.165, 1.54) is 0 Å². The molecule has 0 spiro atoms. The maximum absolute atomic E-state index is 6.43. The molecule has 2 aliphatic heterocycles. The monoisotopic (exact) mass is 446 g/mol. The van der Waals surface area contributed by atoms with Gasteiger partial charge in [-0.2, -0.15) is 0 Å². The summed E-state index contributed by atoms with van der Waals surface area (Å²) in [6.07, 6.45) is -2.01. The Morgan fingerprint density at radius 1 is 0.704 bits per heavy atom. The summed E-state index contributed by atoms with van der Waals surface area (Å²) in [6, 6.07) is 15.9. The fourth-order valence-electron chi connectivity index (χ4n) is 3.07. The number of hydrogen-bond donors (Lipinski definition) is 0. The van der Waals surface area contributed by atoms with Gasteiger partial charge in [-0.15, -0.1) is 0 Å². The SMILES string of the molecule is Cc1ccc(C(OC(c2ccc(C)cc2)C2OC2(Cl)Cl)C2OC2(Cl)Cl)cc1. The lowest BCUT2D eigenvalue weighted by Gasteiger charge is -2.24. The van der Waals surface area contributed by atoms with Gasteiger partial charge in [-0.05, 0) is 25.0 Å². The van der Waals surface area contributed by atoms with Crippen molar-refractivity contribution in [3.05, 3.63) is 70.8 Å². The zero-order chi connectivity index (χ0) is 19.4. The highest BCUT2D eigenvalue weighted by Crippen LogP contribution is 2.57. The fourth-order valence-corrected chi connectivity index (χ4v) is 3.91. The molecule has 0 radical (unpaired) electrons. The zero-order valence-corrected chi connectivity index (χ0v) is 17.7. The highest BCUT2D eigenvalue weighted by molar-refractivity contribution is 6.50. The van der Waals surface area contributed by atoms with E-state index in [4.69, 9.17) is 60.6 Å². The molecular formula is C20H18Cl4O3. The van der Waals surface area contributed by atoms with Crippen molar-refractivity contribution in [2.75, 3.05) is 0 Å². The Hall–Kier alpha value is -0.520.